The third kappa shape index (κ3) is 2.92. The molecule has 5 heteroatoms. The lowest BCUT2D eigenvalue weighted by Gasteiger charge is -2.10. The van der Waals surface area contributed by atoms with Gasteiger partial charge in [0.2, 0.25) is 0 Å². The van der Waals surface area contributed by atoms with Gasteiger partial charge in [0.25, 0.3) is 0 Å². The number of nitrogens with two attached hydrogens (primary N) is 1. The van der Waals surface area contributed by atoms with Crippen molar-refractivity contribution in [3.05, 3.63) is 65.5 Å². The standard InChI is InChI=1S/C16H15F2N3/c17-11-8-14-15(9-12(11)18)21-16(20-14)7-6-13(19)10-4-2-1-3-5-10/h1-5,8-9,13H,6-7,19H2,(H,20,21). The third-order valence-corrected chi connectivity index (χ3v) is 3.49. The first kappa shape index (κ1) is 13.7. The van der Waals surface area contributed by atoms with E-state index in [2.05, 4.69) is 9.97 Å². The Morgan fingerprint density at radius 1 is 1.10 bits per heavy atom. The Hall–Kier alpha value is -2.27. The van der Waals surface area contributed by atoms with Gasteiger partial charge in [-0.1, -0.05) is 30.3 Å². The van der Waals surface area contributed by atoms with Crippen molar-refractivity contribution >= 4 is 11.0 Å². The van der Waals surface area contributed by atoms with Crippen molar-refractivity contribution < 1.29 is 8.78 Å². The van der Waals surface area contributed by atoms with Gasteiger partial charge in [-0.25, -0.2) is 13.8 Å². The minimum atomic E-state index is -0.887. The lowest BCUT2D eigenvalue weighted by atomic mass is 10.0. The highest BCUT2D eigenvalue weighted by Crippen LogP contribution is 2.19. The number of aromatic nitrogens is 2. The molecule has 0 amide bonds. The fourth-order valence-corrected chi connectivity index (χ4v) is 2.34. The number of H-pyrrole nitrogens is 1. The molecule has 0 fully saturated rings. The van der Waals surface area contributed by atoms with Crippen molar-refractivity contribution in [2.75, 3.05) is 0 Å². The average molecular weight is 287 g/mol. The molecule has 0 aliphatic heterocycles. The van der Waals surface area contributed by atoms with Crippen LogP contribution in [0, 0.1) is 11.6 Å². The van der Waals surface area contributed by atoms with Gasteiger partial charge in [0, 0.05) is 24.6 Å². The van der Waals surface area contributed by atoms with E-state index in [0.717, 1.165) is 17.7 Å². The monoisotopic (exact) mass is 287 g/mol. The van der Waals surface area contributed by atoms with Crippen molar-refractivity contribution in [1.82, 2.24) is 9.97 Å². The number of imidazole rings is 1. The summed E-state index contributed by atoms with van der Waals surface area (Å²) >= 11 is 0. The highest BCUT2D eigenvalue weighted by atomic mass is 19.2. The van der Waals surface area contributed by atoms with Gasteiger partial charge in [0.1, 0.15) is 5.82 Å². The van der Waals surface area contributed by atoms with Gasteiger partial charge in [-0.05, 0) is 12.0 Å². The molecule has 3 aromatic rings. The summed E-state index contributed by atoms with van der Waals surface area (Å²) in [6, 6.07) is 11.9. The Morgan fingerprint density at radius 3 is 2.57 bits per heavy atom. The summed E-state index contributed by atoms with van der Waals surface area (Å²) in [6.07, 6.45) is 1.32. The van der Waals surface area contributed by atoms with Crippen LogP contribution in [-0.4, -0.2) is 9.97 Å². The Labute approximate surface area is 120 Å². The number of nitrogens with one attached hydrogen (secondary N) is 1. The minimum Gasteiger partial charge on any atom is -0.342 e. The highest BCUT2D eigenvalue weighted by molar-refractivity contribution is 5.75. The SMILES string of the molecule is NC(CCc1nc2cc(F)c(F)cc2[nH]1)c1ccccc1. The molecule has 1 aromatic heterocycles. The molecule has 3 rings (SSSR count). The summed E-state index contributed by atoms with van der Waals surface area (Å²) < 4.78 is 26.3. The van der Waals surface area contributed by atoms with Crippen LogP contribution >= 0.6 is 0 Å². The number of hydrogen-bond acceptors (Lipinski definition) is 2. The Morgan fingerprint density at radius 2 is 1.81 bits per heavy atom. The molecule has 1 heterocycles. The van der Waals surface area contributed by atoms with Gasteiger partial charge in [-0.2, -0.15) is 0 Å². The molecule has 0 spiro atoms. The van der Waals surface area contributed by atoms with Crippen LogP contribution in [0.3, 0.4) is 0 Å². The maximum absolute atomic E-state index is 13.2. The van der Waals surface area contributed by atoms with Crippen LogP contribution in [0.15, 0.2) is 42.5 Å². The molecule has 2 aromatic carbocycles. The second-order valence-electron chi connectivity index (χ2n) is 5.02. The van der Waals surface area contributed by atoms with Crippen LogP contribution in [0.4, 0.5) is 8.78 Å². The van der Waals surface area contributed by atoms with E-state index in [1.807, 2.05) is 30.3 Å². The molecule has 0 radical (unpaired) electrons. The van der Waals surface area contributed by atoms with Crippen LogP contribution in [-0.2, 0) is 6.42 Å². The molecule has 3 nitrogen and oxygen atoms in total. The number of benzene rings is 2. The van der Waals surface area contributed by atoms with Crippen molar-refractivity contribution in [2.24, 2.45) is 5.73 Å². The highest BCUT2D eigenvalue weighted by Gasteiger charge is 2.10. The third-order valence-electron chi connectivity index (χ3n) is 3.49. The van der Waals surface area contributed by atoms with Crippen LogP contribution in [0.1, 0.15) is 23.9 Å². The van der Waals surface area contributed by atoms with Crippen molar-refractivity contribution in [3.8, 4) is 0 Å². The largest absolute Gasteiger partial charge is 0.342 e. The predicted molar refractivity (Wildman–Crippen MR) is 77.7 cm³/mol. The number of aromatic amines is 1. The maximum atomic E-state index is 13.2. The molecular weight excluding hydrogens is 272 g/mol. The molecule has 0 saturated heterocycles. The zero-order chi connectivity index (χ0) is 14.8. The first-order valence-corrected chi connectivity index (χ1v) is 6.77. The van der Waals surface area contributed by atoms with Gasteiger partial charge in [-0.15, -0.1) is 0 Å². The Kier molecular flexibility index (Phi) is 3.66. The molecule has 3 N–H and O–H groups in total. The lowest BCUT2D eigenvalue weighted by Crippen LogP contribution is -2.11. The number of nitrogens with zero attached hydrogens (tertiary/aromatic N) is 1. The molecule has 1 unspecified atom stereocenters. The van der Waals surface area contributed by atoms with E-state index in [0.29, 0.717) is 29.7 Å². The second kappa shape index (κ2) is 5.61. The number of halogens is 2. The Balaban J connectivity index is 1.73. The van der Waals surface area contributed by atoms with Crippen LogP contribution in [0.5, 0.6) is 0 Å². The van der Waals surface area contributed by atoms with Gasteiger partial charge in [0.05, 0.1) is 11.0 Å². The van der Waals surface area contributed by atoms with E-state index in [1.54, 1.807) is 0 Å². The molecular formula is C16H15F2N3. The van der Waals surface area contributed by atoms with Crippen LogP contribution < -0.4 is 5.73 Å². The van der Waals surface area contributed by atoms with Crippen molar-refractivity contribution in [1.29, 1.82) is 0 Å². The number of fused-ring (bicyclic) bond motifs is 1. The van der Waals surface area contributed by atoms with E-state index in [4.69, 9.17) is 5.73 Å². The average Bonchev–Trinajstić information content (AvgIpc) is 2.88. The zero-order valence-corrected chi connectivity index (χ0v) is 11.3. The molecule has 0 bridgehead atoms. The van der Waals surface area contributed by atoms with E-state index in [1.165, 1.54) is 0 Å². The lowest BCUT2D eigenvalue weighted by molar-refractivity contribution is 0.510. The summed E-state index contributed by atoms with van der Waals surface area (Å²) in [5, 5.41) is 0. The molecule has 21 heavy (non-hydrogen) atoms. The fourth-order valence-electron chi connectivity index (χ4n) is 2.34. The molecule has 0 aliphatic carbocycles. The van der Waals surface area contributed by atoms with E-state index >= 15 is 0 Å². The van der Waals surface area contributed by atoms with Crippen molar-refractivity contribution in [3.63, 3.8) is 0 Å². The second-order valence-corrected chi connectivity index (χ2v) is 5.02. The van der Waals surface area contributed by atoms with Gasteiger partial charge < -0.3 is 10.7 Å². The topological polar surface area (TPSA) is 54.7 Å². The van der Waals surface area contributed by atoms with E-state index < -0.39 is 11.6 Å². The van der Waals surface area contributed by atoms with Crippen LogP contribution in [0.2, 0.25) is 0 Å². The number of hydrogen-bond donors (Lipinski definition) is 2. The summed E-state index contributed by atoms with van der Waals surface area (Å²) in [4.78, 5) is 7.26. The predicted octanol–water partition coefficient (Wildman–Crippen LogP) is 3.47. The maximum Gasteiger partial charge on any atom is 0.161 e. The fraction of sp³-hybridized carbons (Fsp3) is 0.188. The van der Waals surface area contributed by atoms with Crippen LogP contribution in [0.25, 0.3) is 11.0 Å². The van der Waals surface area contributed by atoms with Gasteiger partial charge in [0.15, 0.2) is 11.6 Å². The number of aryl methyl sites for hydroxylation is 1. The first-order chi connectivity index (χ1) is 10.1. The van der Waals surface area contributed by atoms with E-state index in [-0.39, 0.29) is 6.04 Å². The quantitative estimate of drug-likeness (QED) is 0.772. The smallest absolute Gasteiger partial charge is 0.161 e. The minimum absolute atomic E-state index is 0.0899. The van der Waals surface area contributed by atoms with E-state index in [9.17, 15) is 8.78 Å². The summed E-state index contributed by atoms with van der Waals surface area (Å²) in [5.74, 6) is -1.08. The molecule has 0 saturated carbocycles. The summed E-state index contributed by atoms with van der Waals surface area (Å²) in [7, 11) is 0. The van der Waals surface area contributed by atoms with Gasteiger partial charge >= 0.3 is 0 Å². The van der Waals surface area contributed by atoms with Crippen molar-refractivity contribution in [2.45, 2.75) is 18.9 Å². The summed E-state index contributed by atoms with van der Waals surface area (Å²) in [5.41, 5.74) is 8.11. The molecule has 0 aliphatic rings. The molecule has 1 atom stereocenters. The molecule has 108 valence electrons. The van der Waals surface area contributed by atoms with Gasteiger partial charge in [-0.3, -0.25) is 0 Å². The summed E-state index contributed by atoms with van der Waals surface area (Å²) in [6.45, 7) is 0. The normalized spacial score (nSPS) is 12.7. The Bertz CT molecular complexity index is 714. The number of rotatable bonds is 4. The first-order valence-electron chi connectivity index (χ1n) is 6.77. The zero-order valence-electron chi connectivity index (χ0n) is 11.3.